The van der Waals surface area contributed by atoms with Gasteiger partial charge in [-0.2, -0.15) is 16.9 Å². The number of nitrogens with one attached hydrogen (secondary N) is 1. The molecule has 1 N–H and O–H groups in total. The molecule has 2 aromatic rings. The highest BCUT2D eigenvalue weighted by Gasteiger charge is 2.21. The summed E-state index contributed by atoms with van der Waals surface area (Å²) in [6.45, 7) is 4.14. The van der Waals surface area contributed by atoms with Crippen molar-refractivity contribution in [1.29, 1.82) is 0 Å². The van der Waals surface area contributed by atoms with Crippen molar-refractivity contribution in [2.75, 3.05) is 31.2 Å². The van der Waals surface area contributed by atoms with Gasteiger partial charge in [0.25, 0.3) is 5.91 Å². The number of aromatic nitrogens is 2. The first kappa shape index (κ1) is 15.0. The number of hydrogen-bond donors (Lipinski definition) is 1. The van der Waals surface area contributed by atoms with Gasteiger partial charge in [0.1, 0.15) is 11.4 Å². The first-order chi connectivity index (χ1) is 10.8. The van der Waals surface area contributed by atoms with Gasteiger partial charge in [-0.05, 0) is 25.1 Å². The third kappa shape index (κ3) is 3.11. The standard InChI is InChI=1S/C16H19N3O2S/c1-2-21-15-6-4-3-5-12(15)13-11-14(18-17-13)16(20)19-7-9-22-10-8-19/h3-6,11H,2,7-10H2,1H3,(H,17,18). The lowest BCUT2D eigenvalue weighted by Gasteiger charge is -2.25. The monoisotopic (exact) mass is 317 g/mol. The summed E-state index contributed by atoms with van der Waals surface area (Å²) in [5.41, 5.74) is 2.17. The Kier molecular flexibility index (Phi) is 4.68. The first-order valence-corrected chi connectivity index (χ1v) is 8.59. The van der Waals surface area contributed by atoms with E-state index in [0.717, 1.165) is 41.6 Å². The lowest BCUT2D eigenvalue weighted by atomic mass is 10.1. The lowest BCUT2D eigenvalue weighted by molar-refractivity contribution is 0.0766. The highest BCUT2D eigenvalue weighted by Crippen LogP contribution is 2.29. The molecule has 0 saturated carbocycles. The van der Waals surface area contributed by atoms with Crippen molar-refractivity contribution in [3.05, 3.63) is 36.0 Å². The summed E-state index contributed by atoms with van der Waals surface area (Å²) in [5.74, 6) is 2.80. The van der Waals surface area contributed by atoms with Crippen molar-refractivity contribution < 1.29 is 9.53 Å². The topological polar surface area (TPSA) is 58.2 Å². The molecule has 2 heterocycles. The quantitative estimate of drug-likeness (QED) is 0.942. The summed E-state index contributed by atoms with van der Waals surface area (Å²) in [4.78, 5) is 14.3. The molecule has 0 unspecified atom stereocenters. The number of thioether (sulfide) groups is 1. The van der Waals surface area contributed by atoms with E-state index < -0.39 is 0 Å². The van der Waals surface area contributed by atoms with Crippen LogP contribution < -0.4 is 4.74 Å². The molecular formula is C16H19N3O2S. The second-order valence-corrected chi connectivity index (χ2v) is 6.23. The van der Waals surface area contributed by atoms with E-state index in [2.05, 4.69) is 10.2 Å². The van der Waals surface area contributed by atoms with Gasteiger partial charge in [-0.1, -0.05) is 12.1 Å². The minimum Gasteiger partial charge on any atom is -0.493 e. The number of nitrogens with zero attached hydrogens (tertiary/aromatic N) is 2. The second-order valence-electron chi connectivity index (χ2n) is 5.00. The fraction of sp³-hybridized carbons (Fsp3) is 0.375. The van der Waals surface area contributed by atoms with Crippen LogP contribution in [-0.2, 0) is 0 Å². The van der Waals surface area contributed by atoms with Gasteiger partial charge < -0.3 is 9.64 Å². The highest BCUT2D eigenvalue weighted by atomic mass is 32.2. The molecule has 0 bridgehead atoms. The molecule has 1 fully saturated rings. The molecule has 1 saturated heterocycles. The minimum absolute atomic E-state index is 0.0212. The third-order valence-electron chi connectivity index (χ3n) is 3.57. The van der Waals surface area contributed by atoms with Gasteiger partial charge in [0.15, 0.2) is 0 Å². The van der Waals surface area contributed by atoms with Crippen LogP contribution in [0.4, 0.5) is 0 Å². The fourth-order valence-corrected chi connectivity index (χ4v) is 3.37. The van der Waals surface area contributed by atoms with E-state index in [1.807, 2.05) is 53.9 Å². The van der Waals surface area contributed by atoms with E-state index in [-0.39, 0.29) is 5.91 Å². The summed E-state index contributed by atoms with van der Waals surface area (Å²) < 4.78 is 5.63. The first-order valence-electron chi connectivity index (χ1n) is 7.44. The van der Waals surface area contributed by atoms with Gasteiger partial charge in [0.2, 0.25) is 0 Å². The van der Waals surface area contributed by atoms with Crippen LogP contribution in [-0.4, -0.2) is 52.2 Å². The predicted octanol–water partition coefficient (Wildman–Crippen LogP) is 2.66. The average Bonchev–Trinajstić information content (AvgIpc) is 3.05. The number of H-pyrrole nitrogens is 1. The summed E-state index contributed by atoms with van der Waals surface area (Å²) in [6.07, 6.45) is 0. The van der Waals surface area contributed by atoms with Gasteiger partial charge in [-0.3, -0.25) is 9.89 Å². The summed E-state index contributed by atoms with van der Waals surface area (Å²) in [5, 5.41) is 7.15. The second kappa shape index (κ2) is 6.87. The number of carbonyl (C=O) groups excluding carboxylic acids is 1. The summed E-state index contributed by atoms with van der Waals surface area (Å²) in [6, 6.07) is 9.54. The molecule has 0 atom stereocenters. The van der Waals surface area contributed by atoms with Crippen molar-refractivity contribution >= 4 is 17.7 Å². The van der Waals surface area contributed by atoms with Crippen LogP contribution in [0.15, 0.2) is 30.3 Å². The van der Waals surface area contributed by atoms with Crippen molar-refractivity contribution in [2.45, 2.75) is 6.92 Å². The zero-order chi connectivity index (χ0) is 15.4. The van der Waals surface area contributed by atoms with Crippen molar-refractivity contribution in [1.82, 2.24) is 15.1 Å². The Morgan fingerprint density at radius 3 is 2.91 bits per heavy atom. The Morgan fingerprint density at radius 1 is 1.36 bits per heavy atom. The van der Waals surface area contributed by atoms with E-state index in [4.69, 9.17) is 4.74 Å². The van der Waals surface area contributed by atoms with E-state index in [1.165, 1.54) is 0 Å². The Hall–Kier alpha value is -1.95. The number of ether oxygens (including phenoxy) is 1. The Balaban J connectivity index is 1.83. The number of rotatable bonds is 4. The number of aromatic amines is 1. The molecule has 0 spiro atoms. The molecule has 1 aliphatic heterocycles. The van der Waals surface area contributed by atoms with Crippen LogP contribution >= 0.6 is 11.8 Å². The molecule has 6 heteroatoms. The largest absolute Gasteiger partial charge is 0.493 e. The zero-order valence-corrected chi connectivity index (χ0v) is 13.4. The molecular weight excluding hydrogens is 298 g/mol. The molecule has 1 aliphatic rings. The Bertz CT molecular complexity index is 650. The molecule has 1 amide bonds. The van der Waals surface area contributed by atoms with Gasteiger partial charge in [0, 0.05) is 30.2 Å². The van der Waals surface area contributed by atoms with Crippen LogP contribution in [0.1, 0.15) is 17.4 Å². The maximum absolute atomic E-state index is 12.5. The van der Waals surface area contributed by atoms with Crippen molar-refractivity contribution in [3.63, 3.8) is 0 Å². The number of para-hydroxylation sites is 1. The Labute approximate surface area is 134 Å². The molecule has 3 rings (SSSR count). The van der Waals surface area contributed by atoms with Crippen LogP contribution in [0, 0.1) is 0 Å². The van der Waals surface area contributed by atoms with Gasteiger partial charge in [-0.25, -0.2) is 0 Å². The van der Waals surface area contributed by atoms with E-state index in [9.17, 15) is 4.79 Å². The number of amides is 1. The van der Waals surface area contributed by atoms with Gasteiger partial charge >= 0.3 is 0 Å². The maximum Gasteiger partial charge on any atom is 0.271 e. The molecule has 1 aromatic heterocycles. The summed E-state index contributed by atoms with van der Waals surface area (Å²) in [7, 11) is 0. The van der Waals surface area contributed by atoms with E-state index in [0.29, 0.717) is 12.3 Å². The third-order valence-corrected chi connectivity index (χ3v) is 4.51. The van der Waals surface area contributed by atoms with Crippen LogP contribution in [0.3, 0.4) is 0 Å². The normalized spacial score (nSPS) is 14.9. The predicted molar refractivity (Wildman–Crippen MR) is 88.4 cm³/mol. The molecule has 0 aliphatic carbocycles. The molecule has 0 radical (unpaired) electrons. The van der Waals surface area contributed by atoms with Crippen LogP contribution in [0.25, 0.3) is 11.3 Å². The molecule has 1 aromatic carbocycles. The highest BCUT2D eigenvalue weighted by molar-refractivity contribution is 7.99. The summed E-state index contributed by atoms with van der Waals surface area (Å²) >= 11 is 1.88. The lowest BCUT2D eigenvalue weighted by Crippen LogP contribution is -2.38. The van der Waals surface area contributed by atoms with Gasteiger partial charge in [0.05, 0.1) is 12.3 Å². The van der Waals surface area contributed by atoms with Crippen LogP contribution in [0.2, 0.25) is 0 Å². The SMILES string of the molecule is CCOc1ccccc1-c1cc(C(=O)N2CCSCC2)[nH]n1. The van der Waals surface area contributed by atoms with Crippen LogP contribution in [0.5, 0.6) is 5.75 Å². The number of carbonyl (C=O) groups is 1. The van der Waals surface area contributed by atoms with Crippen molar-refractivity contribution in [2.24, 2.45) is 0 Å². The maximum atomic E-state index is 12.5. The Morgan fingerprint density at radius 2 is 2.14 bits per heavy atom. The number of benzene rings is 1. The number of hydrogen-bond acceptors (Lipinski definition) is 4. The zero-order valence-electron chi connectivity index (χ0n) is 12.5. The molecule has 22 heavy (non-hydrogen) atoms. The van der Waals surface area contributed by atoms with E-state index in [1.54, 1.807) is 0 Å². The van der Waals surface area contributed by atoms with Crippen molar-refractivity contribution in [3.8, 4) is 17.0 Å². The molecule has 5 nitrogen and oxygen atoms in total. The average molecular weight is 317 g/mol. The van der Waals surface area contributed by atoms with Gasteiger partial charge in [-0.15, -0.1) is 0 Å². The van der Waals surface area contributed by atoms with E-state index >= 15 is 0 Å². The fourth-order valence-electron chi connectivity index (χ4n) is 2.47. The minimum atomic E-state index is 0.0212. The smallest absolute Gasteiger partial charge is 0.271 e. The molecule has 116 valence electrons.